The highest BCUT2D eigenvalue weighted by Gasteiger charge is 2.27. The van der Waals surface area contributed by atoms with E-state index in [0.717, 1.165) is 6.07 Å². The first-order valence-corrected chi connectivity index (χ1v) is 6.65. The molecule has 7 heteroatoms. The molecule has 1 aromatic carbocycles. The smallest absolute Gasteiger partial charge is 0.343 e. The lowest BCUT2D eigenvalue weighted by molar-refractivity contribution is 0.00622. The topological polar surface area (TPSA) is 107 Å². The summed E-state index contributed by atoms with van der Waals surface area (Å²) in [6.45, 7) is 4.88. The zero-order valence-electron chi connectivity index (χ0n) is 10.3. The maximum absolute atomic E-state index is 11.8. The molecule has 0 bridgehead atoms. The number of rotatable bonds is 2. The first-order valence-electron chi connectivity index (χ1n) is 5.10. The summed E-state index contributed by atoms with van der Waals surface area (Å²) in [5.74, 6) is -1.43. The van der Waals surface area contributed by atoms with Crippen molar-refractivity contribution in [2.45, 2.75) is 31.3 Å². The Bertz CT molecular complexity index is 572. The van der Waals surface area contributed by atoms with Crippen molar-refractivity contribution < 1.29 is 23.1 Å². The number of carbonyl (C=O) groups is 1. The van der Waals surface area contributed by atoms with Crippen LogP contribution in [0.15, 0.2) is 23.1 Å². The van der Waals surface area contributed by atoms with E-state index in [0.29, 0.717) is 0 Å². The van der Waals surface area contributed by atoms with Gasteiger partial charge < -0.3 is 9.84 Å². The molecule has 0 heterocycles. The minimum absolute atomic E-state index is 0.449. The van der Waals surface area contributed by atoms with Crippen LogP contribution in [0.3, 0.4) is 0 Å². The van der Waals surface area contributed by atoms with Crippen LogP contribution in [0.1, 0.15) is 31.1 Å². The molecular weight excluding hydrogens is 258 g/mol. The van der Waals surface area contributed by atoms with Crippen molar-refractivity contribution in [1.29, 1.82) is 0 Å². The maximum atomic E-state index is 11.8. The third-order valence-electron chi connectivity index (χ3n) is 1.91. The van der Waals surface area contributed by atoms with Crippen LogP contribution in [0.25, 0.3) is 0 Å². The SMILES string of the molecule is CC(C)(C)OC(=O)c1c(O)cccc1S(N)(=O)=O. The fourth-order valence-electron chi connectivity index (χ4n) is 1.29. The highest BCUT2D eigenvalue weighted by Crippen LogP contribution is 2.26. The Morgan fingerprint density at radius 2 is 1.89 bits per heavy atom. The van der Waals surface area contributed by atoms with Gasteiger partial charge in [0.1, 0.15) is 21.8 Å². The predicted molar refractivity (Wildman–Crippen MR) is 64.6 cm³/mol. The predicted octanol–water partition coefficient (Wildman–Crippen LogP) is 0.995. The third kappa shape index (κ3) is 3.44. The fourth-order valence-corrected chi connectivity index (χ4v) is 2.03. The van der Waals surface area contributed by atoms with Crippen LogP contribution < -0.4 is 5.14 Å². The Morgan fingerprint density at radius 1 is 1.33 bits per heavy atom. The van der Waals surface area contributed by atoms with Gasteiger partial charge >= 0.3 is 5.97 Å². The summed E-state index contributed by atoms with van der Waals surface area (Å²) in [5, 5.41) is 14.6. The van der Waals surface area contributed by atoms with E-state index in [-0.39, 0.29) is 0 Å². The van der Waals surface area contributed by atoms with Crippen molar-refractivity contribution >= 4 is 16.0 Å². The van der Waals surface area contributed by atoms with Gasteiger partial charge in [-0.05, 0) is 32.9 Å². The van der Waals surface area contributed by atoms with Crippen LogP contribution in [-0.2, 0) is 14.8 Å². The number of phenolic OH excluding ortho intramolecular Hbond substituents is 1. The molecule has 100 valence electrons. The highest BCUT2D eigenvalue weighted by molar-refractivity contribution is 7.89. The number of hydrogen-bond donors (Lipinski definition) is 2. The maximum Gasteiger partial charge on any atom is 0.343 e. The molecule has 0 saturated heterocycles. The zero-order valence-corrected chi connectivity index (χ0v) is 11.1. The summed E-state index contributed by atoms with van der Waals surface area (Å²) in [4.78, 5) is 11.4. The first kappa shape index (κ1) is 14.5. The average Bonchev–Trinajstić information content (AvgIpc) is 2.12. The molecule has 1 rings (SSSR count). The van der Waals surface area contributed by atoms with Crippen molar-refractivity contribution in [3.63, 3.8) is 0 Å². The molecule has 0 fully saturated rings. The van der Waals surface area contributed by atoms with E-state index in [1.165, 1.54) is 12.1 Å². The van der Waals surface area contributed by atoms with E-state index in [2.05, 4.69) is 0 Å². The van der Waals surface area contributed by atoms with Gasteiger partial charge in [0.05, 0.1) is 0 Å². The number of nitrogens with two attached hydrogens (primary N) is 1. The molecule has 6 nitrogen and oxygen atoms in total. The van der Waals surface area contributed by atoms with Crippen LogP contribution >= 0.6 is 0 Å². The second-order valence-corrected chi connectivity index (χ2v) is 6.23. The van der Waals surface area contributed by atoms with Crippen LogP contribution in [0, 0.1) is 0 Å². The monoisotopic (exact) mass is 273 g/mol. The summed E-state index contributed by atoms with van der Waals surface area (Å²) in [6, 6.07) is 3.60. The van der Waals surface area contributed by atoms with Gasteiger partial charge in [-0.15, -0.1) is 0 Å². The van der Waals surface area contributed by atoms with Gasteiger partial charge in [-0.1, -0.05) is 6.07 Å². The number of aromatic hydroxyl groups is 1. The number of benzene rings is 1. The Labute approximate surface area is 105 Å². The van der Waals surface area contributed by atoms with Gasteiger partial charge in [0.15, 0.2) is 0 Å². The number of esters is 1. The quantitative estimate of drug-likeness (QED) is 0.781. The summed E-state index contributed by atoms with van der Waals surface area (Å²) in [6.07, 6.45) is 0. The largest absolute Gasteiger partial charge is 0.507 e. The molecule has 0 aliphatic heterocycles. The second-order valence-electron chi connectivity index (χ2n) is 4.70. The number of hydrogen-bond acceptors (Lipinski definition) is 5. The van der Waals surface area contributed by atoms with Crippen LogP contribution in [-0.4, -0.2) is 25.1 Å². The van der Waals surface area contributed by atoms with E-state index in [4.69, 9.17) is 9.88 Å². The van der Waals surface area contributed by atoms with Crippen LogP contribution in [0.2, 0.25) is 0 Å². The van der Waals surface area contributed by atoms with E-state index in [1.54, 1.807) is 20.8 Å². The van der Waals surface area contributed by atoms with Gasteiger partial charge in [-0.25, -0.2) is 18.4 Å². The minimum Gasteiger partial charge on any atom is -0.507 e. The number of primary sulfonamides is 1. The lowest BCUT2D eigenvalue weighted by atomic mass is 10.1. The number of phenols is 1. The third-order valence-corrected chi connectivity index (χ3v) is 2.87. The van der Waals surface area contributed by atoms with Crippen molar-refractivity contribution in [2.75, 3.05) is 0 Å². The summed E-state index contributed by atoms with van der Waals surface area (Å²) in [7, 11) is -4.12. The Morgan fingerprint density at radius 3 is 2.33 bits per heavy atom. The molecule has 0 aliphatic carbocycles. The van der Waals surface area contributed by atoms with Gasteiger partial charge in [0.2, 0.25) is 10.0 Å². The molecule has 18 heavy (non-hydrogen) atoms. The zero-order chi connectivity index (χ0) is 14.1. The van der Waals surface area contributed by atoms with Gasteiger partial charge in [-0.2, -0.15) is 0 Å². The lowest BCUT2D eigenvalue weighted by Gasteiger charge is -2.20. The molecule has 0 aromatic heterocycles. The van der Waals surface area contributed by atoms with Crippen molar-refractivity contribution in [2.24, 2.45) is 5.14 Å². The second kappa shape index (κ2) is 4.58. The standard InChI is InChI=1S/C11H15NO5S/c1-11(2,3)17-10(14)9-7(13)5-4-6-8(9)18(12,15)16/h4-6,13H,1-3H3,(H2,12,15,16). The minimum atomic E-state index is -4.12. The fraction of sp³-hybridized carbons (Fsp3) is 0.364. The molecule has 0 saturated carbocycles. The summed E-state index contributed by atoms with van der Waals surface area (Å²) >= 11 is 0. The van der Waals surface area contributed by atoms with Crippen molar-refractivity contribution in [3.8, 4) is 5.75 Å². The van der Waals surface area contributed by atoms with Gasteiger partial charge in [0.25, 0.3) is 0 Å². The van der Waals surface area contributed by atoms with Crippen molar-refractivity contribution in [1.82, 2.24) is 0 Å². The van der Waals surface area contributed by atoms with Gasteiger partial charge in [-0.3, -0.25) is 0 Å². The van der Waals surface area contributed by atoms with Crippen LogP contribution in [0.4, 0.5) is 0 Å². The molecule has 0 amide bonds. The number of ether oxygens (including phenoxy) is 1. The molecule has 3 N–H and O–H groups in total. The van der Waals surface area contributed by atoms with Gasteiger partial charge in [0, 0.05) is 0 Å². The highest BCUT2D eigenvalue weighted by atomic mass is 32.2. The van der Waals surface area contributed by atoms with E-state index < -0.39 is 37.8 Å². The Kier molecular flexibility index (Phi) is 3.68. The number of sulfonamides is 1. The lowest BCUT2D eigenvalue weighted by Crippen LogP contribution is -2.26. The molecule has 0 spiro atoms. The first-order chi connectivity index (χ1) is 8.02. The molecular formula is C11H15NO5S. The van der Waals surface area contributed by atoms with Crippen molar-refractivity contribution in [3.05, 3.63) is 23.8 Å². The number of carbonyl (C=O) groups excluding carboxylic acids is 1. The average molecular weight is 273 g/mol. The Hall–Kier alpha value is -1.60. The molecule has 1 aromatic rings. The Balaban J connectivity index is 3.36. The normalized spacial score (nSPS) is 12.2. The summed E-state index contributed by atoms with van der Waals surface area (Å²) in [5.41, 5.74) is -1.26. The van der Waals surface area contributed by atoms with Crippen LogP contribution in [0.5, 0.6) is 5.75 Å². The van der Waals surface area contributed by atoms with E-state index in [1.807, 2.05) is 0 Å². The van der Waals surface area contributed by atoms with E-state index in [9.17, 15) is 18.3 Å². The molecule has 0 unspecified atom stereocenters. The van der Waals surface area contributed by atoms with E-state index >= 15 is 0 Å². The molecule has 0 aliphatic rings. The molecule has 0 atom stereocenters. The summed E-state index contributed by atoms with van der Waals surface area (Å²) < 4.78 is 27.7. The molecule has 0 radical (unpaired) electrons.